The third-order valence-electron chi connectivity index (χ3n) is 7.69. The number of carbonyl (C=O) groups excluding carboxylic acids is 4. The van der Waals surface area contributed by atoms with E-state index in [4.69, 9.17) is 19.9 Å². The molecular weight excluding hydrogens is 480 g/mol. The second kappa shape index (κ2) is 15.9. The summed E-state index contributed by atoms with van der Waals surface area (Å²) in [6.07, 6.45) is 1.67. The van der Waals surface area contributed by atoms with E-state index in [1.807, 2.05) is 13.8 Å². The molecule has 0 radical (unpaired) electrons. The summed E-state index contributed by atoms with van der Waals surface area (Å²) in [6, 6.07) is -1.37. The van der Waals surface area contributed by atoms with Gasteiger partial charge in [-0.2, -0.15) is 0 Å². The molecule has 0 spiro atoms. The zero-order valence-corrected chi connectivity index (χ0v) is 23.8. The lowest BCUT2D eigenvalue weighted by molar-refractivity contribution is -0.148. The van der Waals surface area contributed by atoms with Gasteiger partial charge >= 0.3 is 5.97 Å². The molecule has 11 nitrogen and oxygen atoms in total. The molecule has 1 aliphatic heterocycles. The van der Waals surface area contributed by atoms with Crippen LogP contribution in [0.3, 0.4) is 0 Å². The summed E-state index contributed by atoms with van der Waals surface area (Å²) >= 11 is 0. The highest BCUT2D eigenvalue weighted by Crippen LogP contribution is 2.29. The van der Waals surface area contributed by atoms with Crippen LogP contribution in [-0.2, 0) is 33.4 Å². The maximum absolute atomic E-state index is 13.6. The van der Waals surface area contributed by atoms with Gasteiger partial charge in [-0.1, -0.05) is 34.1 Å². The number of likely N-dealkylation sites (tertiary alicyclic amines) is 1. The Morgan fingerprint density at radius 3 is 2.22 bits per heavy atom. The molecule has 0 aromatic carbocycles. The molecule has 0 bridgehead atoms. The number of nitrogens with one attached hydrogen (secondary N) is 1. The second-order valence-electron chi connectivity index (χ2n) is 9.84. The van der Waals surface area contributed by atoms with Gasteiger partial charge in [0.05, 0.1) is 50.3 Å². The molecular formula is C26H48N4O7. The normalized spacial score (nSPS) is 20.4. The number of amides is 3. The van der Waals surface area contributed by atoms with Crippen molar-refractivity contribution in [2.24, 2.45) is 17.6 Å². The van der Waals surface area contributed by atoms with E-state index in [0.717, 1.165) is 12.8 Å². The molecule has 0 aromatic heterocycles. The maximum atomic E-state index is 13.6. The molecule has 3 N–H and O–H groups in total. The summed E-state index contributed by atoms with van der Waals surface area (Å²) in [4.78, 5) is 54.2. The summed E-state index contributed by atoms with van der Waals surface area (Å²) in [7, 11) is 6.05. The van der Waals surface area contributed by atoms with E-state index in [2.05, 4.69) is 5.32 Å². The number of ether oxygens (including phenoxy) is 3. The molecule has 1 saturated heterocycles. The van der Waals surface area contributed by atoms with E-state index >= 15 is 0 Å². The van der Waals surface area contributed by atoms with Crippen LogP contribution in [0.1, 0.15) is 59.8 Å². The van der Waals surface area contributed by atoms with E-state index in [1.165, 1.54) is 14.2 Å². The number of carbonyl (C=O) groups is 4. The first-order valence-corrected chi connectivity index (χ1v) is 13.2. The van der Waals surface area contributed by atoms with Gasteiger partial charge in [0.15, 0.2) is 0 Å². The molecule has 37 heavy (non-hydrogen) atoms. The molecule has 214 valence electrons. The highest BCUT2D eigenvalue weighted by Gasteiger charge is 2.42. The van der Waals surface area contributed by atoms with Crippen molar-refractivity contribution in [3.8, 4) is 0 Å². The first-order chi connectivity index (χ1) is 17.5. The summed E-state index contributed by atoms with van der Waals surface area (Å²) in [5.74, 6) is -1.69. The number of nitrogens with two attached hydrogens (primary N) is 1. The van der Waals surface area contributed by atoms with E-state index < -0.39 is 30.1 Å². The third-order valence-corrected chi connectivity index (χ3v) is 7.69. The van der Waals surface area contributed by atoms with Crippen molar-refractivity contribution >= 4 is 23.7 Å². The van der Waals surface area contributed by atoms with Gasteiger partial charge in [0.1, 0.15) is 6.04 Å². The van der Waals surface area contributed by atoms with Crippen molar-refractivity contribution in [2.45, 2.75) is 90.1 Å². The quantitative estimate of drug-likeness (QED) is 0.299. The van der Waals surface area contributed by atoms with Crippen molar-refractivity contribution in [1.29, 1.82) is 0 Å². The Kier molecular flexibility index (Phi) is 14.1. The van der Waals surface area contributed by atoms with Crippen molar-refractivity contribution in [1.82, 2.24) is 15.1 Å². The Hall–Kier alpha value is -2.24. The number of hydrogen-bond acceptors (Lipinski definition) is 8. The highest BCUT2D eigenvalue weighted by atomic mass is 16.5. The topological polar surface area (TPSA) is 141 Å². The minimum Gasteiger partial charge on any atom is -0.467 e. The van der Waals surface area contributed by atoms with E-state index in [9.17, 15) is 19.2 Å². The molecule has 1 aliphatic rings. The van der Waals surface area contributed by atoms with E-state index in [0.29, 0.717) is 19.4 Å². The van der Waals surface area contributed by atoms with Gasteiger partial charge in [-0.15, -0.1) is 0 Å². The molecule has 1 fully saturated rings. The van der Waals surface area contributed by atoms with Crippen molar-refractivity contribution < 1.29 is 33.4 Å². The SMILES string of the molecule is CCC(C)C(C(CC(=O)N1CCCC1C(OC)C(C)C(=O)N[C@@H](CC)C(=O)OC)OC)N(C)C(=O)CN. The highest BCUT2D eigenvalue weighted by molar-refractivity contribution is 5.86. The molecule has 1 rings (SSSR count). The third kappa shape index (κ3) is 8.38. The summed E-state index contributed by atoms with van der Waals surface area (Å²) < 4.78 is 16.3. The second-order valence-corrected chi connectivity index (χ2v) is 9.84. The smallest absolute Gasteiger partial charge is 0.328 e. The van der Waals surface area contributed by atoms with Crippen LogP contribution in [0.5, 0.6) is 0 Å². The monoisotopic (exact) mass is 528 g/mol. The van der Waals surface area contributed by atoms with Crippen LogP contribution < -0.4 is 11.1 Å². The number of methoxy groups -OCH3 is 3. The lowest BCUT2D eigenvalue weighted by Gasteiger charge is -2.39. The zero-order chi connectivity index (χ0) is 28.3. The summed E-state index contributed by atoms with van der Waals surface area (Å²) in [5, 5.41) is 2.74. The summed E-state index contributed by atoms with van der Waals surface area (Å²) in [6.45, 7) is 8.00. The average Bonchev–Trinajstić information content (AvgIpc) is 3.39. The minimum absolute atomic E-state index is 0.0848. The fourth-order valence-electron chi connectivity index (χ4n) is 5.24. The predicted octanol–water partition coefficient (Wildman–Crippen LogP) is 0.933. The van der Waals surface area contributed by atoms with Crippen LogP contribution in [0.2, 0.25) is 0 Å². The molecule has 1 heterocycles. The van der Waals surface area contributed by atoms with Crippen LogP contribution in [0.15, 0.2) is 0 Å². The van der Waals surface area contributed by atoms with Crippen molar-refractivity contribution in [3.63, 3.8) is 0 Å². The molecule has 11 heteroatoms. The van der Waals surface area contributed by atoms with Crippen LogP contribution in [-0.4, -0.2) is 105 Å². The largest absolute Gasteiger partial charge is 0.467 e. The standard InChI is InChI=1S/C26H48N4O7/c1-9-16(3)23(29(5)22(32)15-27)20(35-6)14-21(31)30-13-11-12-19(30)24(36-7)17(4)25(33)28-18(10-2)26(34)37-8/h16-20,23-24H,9-15,27H2,1-8H3,(H,28,33)/t16?,17?,18-,19?,20?,23?,24?/m0/s1. The van der Waals surface area contributed by atoms with Gasteiger partial charge in [-0.05, 0) is 25.2 Å². The van der Waals surface area contributed by atoms with Crippen LogP contribution >= 0.6 is 0 Å². The first-order valence-electron chi connectivity index (χ1n) is 13.2. The number of likely N-dealkylation sites (N-methyl/N-ethyl adjacent to an activating group) is 1. The van der Waals surface area contributed by atoms with Crippen molar-refractivity contribution in [3.05, 3.63) is 0 Å². The Morgan fingerprint density at radius 1 is 1.08 bits per heavy atom. The minimum atomic E-state index is -0.744. The zero-order valence-electron chi connectivity index (χ0n) is 23.8. The Balaban J connectivity index is 3.07. The number of rotatable bonds is 15. The molecule has 7 atom stereocenters. The van der Waals surface area contributed by atoms with Gasteiger partial charge in [0, 0.05) is 27.8 Å². The number of esters is 1. The molecule has 0 aromatic rings. The molecule has 3 amide bonds. The number of hydrogen-bond donors (Lipinski definition) is 2. The Morgan fingerprint density at radius 2 is 1.73 bits per heavy atom. The molecule has 0 saturated carbocycles. The Bertz CT molecular complexity index is 765. The van der Waals surface area contributed by atoms with Crippen LogP contribution in [0.25, 0.3) is 0 Å². The van der Waals surface area contributed by atoms with Gasteiger partial charge in [0.2, 0.25) is 17.7 Å². The lowest BCUT2D eigenvalue weighted by atomic mass is 9.90. The van der Waals surface area contributed by atoms with Gasteiger partial charge in [-0.3, -0.25) is 14.4 Å². The fourth-order valence-corrected chi connectivity index (χ4v) is 5.24. The van der Waals surface area contributed by atoms with Gasteiger partial charge in [-0.25, -0.2) is 4.79 Å². The molecule has 0 aliphatic carbocycles. The lowest BCUT2D eigenvalue weighted by Crippen LogP contribution is -2.54. The summed E-state index contributed by atoms with van der Waals surface area (Å²) in [5.41, 5.74) is 5.60. The number of nitrogens with zero attached hydrogens (tertiary/aromatic N) is 2. The van der Waals surface area contributed by atoms with E-state index in [1.54, 1.807) is 37.8 Å². The van der Waals surface area contributed by atoms with Crippen LogP contribution in [0, 0.1) is 11.8 Å². The predicted molar refractivity (Wildman–Crippen MR) is 139 cm³/mol. The van der Waals surface area contributed by atoms with Gasteiger partial charge < -0.3 is 35.1 Å². The maximum Gasteiger partial charge on any atom is 0.328 e. The fraction of sp³-hybridized carbons (Fsp3) is 0.846. The van der Waals surface area contributed by atoms with E-state index in [-0.39, 0.29) is 48.7 Å². The first kappa shape index (κ1) is 32.8. The van der Waals surface area contributed by atoms with Crippen molar-refractivity contribution in [2.75, 3.05) is 41.5 Å². The van der Waals surface area contributed by atoms with Crippen LogP contribution in [0.4, 0.5) is 0 Å². The molecule has 6 unspecified atom stereocenters. The average molecular weight is 529 g/mol. The van der Waals surface area contributed by atoms with Gasteiger partial charge in [0.25, 0.3) is 0 Å². The Labute approximate surface area is 221 Å².